The van der Waals surface area contributed by atoms with Crippen molar-refractivity contribution in [1.82, 2.24) is 20.2 Å². The molecule has 0 unspecified atom stereocenters. The Morgan fingerprint density at radius 2 is 1.92 bits per heavy atom. The van der Waals surface area contributed by atoms with E-state index in [0.717, 1.165) is 36.8 Å². The molecule has 11 heteroatoms. The fraction of sp³-hybridized carbons (Fsp3) is 0.640. The number of hydrogen-bond donors (Lipinski definition) is 3. The van der Waals surface area contributed by atoms with Crippen molar-refractivity contribution in [1.29, 1.82) is 0 Å². The maximum atomic E-state index is 14.2. The van der Waals surface area contributed by atoms with E-state index in [1.165, 1.54) is 6.20 Å². The van der Waals surface area contributed by atoms with E-state index in [1.807, 2.05) is 20.8 Å². The first-order valence-corrected chi connectivity index (χ1v) is 12.9. The number of aromatic nitrogens is 2. The summed E-state index contributed by atoms with van der Waals surface area (Å²) in [6, 6.07) is 1.30. The average molecular weight is 528 g/mol. The van der Waals surface area contributed by atoms with E-state index in [0.29, 0.717) is 18.8 Å². The number of anilines is 1. The van der Waals surface area contributed by atoms with E-state index in [1.54, 1.807) is 13.8 Å². The van der Waals surface area contributed by atoms with Crippen LogP contribution >= 0.6 is 11.3 Å². The van der Waals surface area contributed by atoms with Crippen LogP contribution in [0, 0.1) is 5.41 Å². The molecule has 0 saturated carbocycles. The summed E-state index contributed by atoms with van der Waals surface area (Å²) in [5, 5.41) is 15.6. The predicted molar refractivity (Wildman–Crippen MR) is 136 cm³/mol. The van der Waals surface area contributed by atoms with Gasteiger partial charge in [0.2, 0.25) is 0 Å². The van der Waals surface area contributed by atoms with Crippen LogP contribution in [-0.2, 0) is 12.7 Å². The van der Waals surface area contributed by atoms with Gasteiger partial charge in [-0.2, -0.15) is 13.2 Å². The molecule has 200 valence electrons. The molecule has 2 aromatic heterocycles. The third-order valence-corrected chi connectivity index (χ3v) is 7.00. The Morgan fingerprint density at radius 3 is 2.47 bits per heavy atom. The summed E-state index contributed by atoms with van der Waals surface area (Å²) < 4.78 is 42.6. The van der Waals surface area contributed by atoms with E-state index in [9.17, 15) is 23.1 Å². The molecule has 1 fully saturated rings. The van der Waals surface area contributed by atoms with Crippen LogP contribution in [0.25, 0.3) is 10.4 Å². The largest absolute Gasteiger partial charge is 0.417 e. The van der Waals surface area contributed by atoms with Crippen molar-refractivity contribution in [3.05, 3.63) is 28.5 Å². The molecule has 0 bridgehead atoms. The Bertz CT molecular complexity index is 1070. The molecule has 2 aromatic rings. The topological polar surface area (TPSA) is 90.4 Å². The van der Waals surface area contributed by atoms with Gasteiger partial charge in [-0.3, -0.25) is 9.69 Å². The Morgan fingerprint density at radius 1 is 1.22 bits per heavy atom. The van der Waals surface area contributed by atoms with Gasteiger partial charge in [0, 0.05) is 37.4 Å². The normalized spacial score (nSPS) is 17.4. The number of rotatable bonds is 8. The number of nitrogens with zero attached hydrogens (tertiary/aromatic N) is 3. The van der Waals surface area contributed by atoms with Crippen molar-refractivity contribution < 1.29 is 23.1 Å². The fourth-order valence-electron chi connectivity index (χ4n) is 3.88. The lowest BCUT2D eigenvalue weighted by atomic mass is 9.97. The van der Waals surface area contributed by atoms with Gasteiger partial charge in [-0.1, -0.05) is 20.8 Å². The number of likely N-dealkylation sites (tertiary alicyclic amines) is 1. The minimum atomic E-state index is -4.62. The highest BCUT2D eigenvalue weighted by molar-refractivity contribution is 7.17. The summed E-state index contributed by atoms with van der Waals surface area (Å²) in [6.45, 7) is 12.7. The summed E-state index contributed by atoms with van der Waals surface area (Å²) in [5.41, 5.74) is -1.76. The standard InChI is InChI=1S/C25H36F3N5O2S/c1-15-8-7-9-33(15)12-18-20(36-22(32-18)21(34)31-14-24(5,6)35)16-11-29-19(30-13-23(2,3)4)10-17(16)25(26,27)28/h10-11,15,35H,7-9,12-14H2,1-6H3,(H,29,30)(H,31,34)/t15-/m0/s1. The fourth-order valence-corrected chi connectivity index (χ4v) is 4.90. The molecule has 1 aliphatic heterocycles. The zero-order valence-corrected chi connectivity index (χ0v) is 22.5. The van der Waals surface area contributed by atoms with Gasteiger partial charge in [0.05, 0.1) is 21.7 Å². The zero-order valence-electron chi connectivity index (χ0n) is 21.7. The Labute approximate surface area is 214 Å². The summed E-state index contributed by atoms with van der Waals surface area (Å²) in [7, 11) is 0. The molecule has 36 heavy (non-hydrogen) atoms. The molecule has 3 heterocycles. The second kappa shape index (κ2) is 10.6. The number of halogens is 3. The maximum absolute atomic E-state index is 14.2. The highest BCUT2D eigenvalue weighted by Gasteiger charge is 2.36. The molecule has 1 atom stereocenters. The molecule has 0 spiro atoms. The molecule has 0 radical (unpaired) electrons. The first kappa shape index (κ1) is 28.3. The summed E-state index contributed by atoms with van der Waals surface area (Å²) >= 11 is 0.918. The second-order valence-electron chi connectivity index (χ2n) is 11.3. The molecular weight excluding hydrogens is 491 g/mol. The number of amides is 1. The number of aliphatic hydroxyl groups is 1. The average Bonchev–Trinajstić information content (AvgIpc) is 3.35. The highest BCUT2D eigenvalue weighted by atomic mass is 32.1. The van der Waals surface area contributed by atoms with Crippen molar-refractivity contribution in [3.63, 3.8) is 0 Å². The maximum Gasteiger partial charge on any atom is 0.417 e. The molecule has 1 amide bonds. The lowest BCUT2D eigenvalue weighted by Gasteiger charge is -2.22. The molecule has 0 aromatic carbocycles. The SMILES string of the molecule is C[C@H]1CCCN1Cc1nc(C(=O)NCC(C)(C)O)sc1-c1cnc(NCC(C)(C)C)cc1C(F)(F)F. The van der Waals surface area contributed by atoms with Crippen molar-refractivity contribution in [3.8, 4) is 10.4 Å². The van der Waals surface area contributed by atoms with Crippen LogP contribution in [-0.4, -0.2) is 57.2 Å². The molecule has 3 rings (SSSR count). The monoisotopic (exact) mass is 527 g/mol. The van der Waals surface area contributed by atoms with Gasteiger partial charge in [0.1, 0.15) is 5.82 Å². The van der Waals surface area contributed by atoms with Gasteiger partial charge in [0.15, 0.2) is 5.01 Å². The highest BCUT2D eigenvalue weighted by Crippen LogP contribution is 2.42. The lowest BCUT2D eigenvalue weighted by Crippen LogP contribution is -2.38. The minimum absolute atomic E-state index is 0.0112. The third-order valence-electron chi connectivity index (χ3n) is 5.87. The molecule has 0 aliphatic carbocycles. The number of hydrogen-bond acceptors (Lipinski definition) is 7. The van der Waals surface area contributed by atoms with E-state index in [2.05, 4.69) is 32.4 Å². The lowest BCUT2D eigenvalue weighted by molar-refractivity contribution is -0.137. The first-order valence-electron chi connectivity index (χ1n) is 12.1. The number of alkyl halides is 3. The van der Waals surface area contributed by atoms with Crippen molar-refractivity contribution in [2.75, 3.05) is 25.0 Å². The van der Waals surface area contributed by atoms with Crippen LogP contribution in [0.5, 0.6) is 0 Å². The Kier molecular flexibility index (Phi) is 8.36. The number of thiazole rings is 1. The van der Waals surface area contributed by atoms with E-state index in [-0.39, 0.29) is 39.3 Å². The number of pyridine rings is 1. The van der Waals surface area contributed by atoms with Crippen LogP contribution in [0.15, 0.2) is 12.3 Å². The van der Waals surface area contributed by atoms with Gasteiger partial charge in [-0.25, -0.2) is 9.97 Å². The van der Waals surface area contributed by atoms with Gasteiger partial charge in [-0.05, 0) is 51.6 Å². The zero-order chi connectivity index (χ0) is 26.9. The quantitative estimate of drug-likeness (QED) is 0.439. The van der Waals surface area contributed by atoms with Gasteiger partial charge in [0.25, 0.3) is 5.91 Å². The van der Waals surface area contributed by atoms with Crippen molar-refractivity contribution >= 4 is 23.1 Å². The molecule has 7 nitrogen and oxygen atoms in total. The van der Waals surface area contributed by atoms with E-state index in [4.69, 9.17) is 0 Å². The molecule has 3 N–H and O–H groups in total. The third kappa shape index (κ3) is 7.63. The smallest absolute Gasteiger partial charge is 0.389 e. The summed E-state index contributed by atoms with van der Waals surface area (Å²) in [5.74, 6) is -0.391. The van der Waals surface area contributed by atoms with E-state index >= 15 is 0 Å². The first-order chi connectivity index (χ1) is 16.5. The van der Waals surface area contributed by atoms with Crippen LogP contribution in [0.4, 0.5) is 19.0 Å². The van der Waals surface area contributed by atoms with Crippen LogP contribution in [0.2, 0.25) is 0 Å². The minimum Gasteiger partial charge on any atom is -0.389 e. The van der Waals surface area contributed by atoms with Crippen molar-refractivity contribution in [2.45, 2.75) is 78.7 Å². The summed E-state index contributed by atoms with van der Waals surface area (Å²) in [4.78, 5) is 24.0. The Balaban J connectivity index is 2.03. The van der Waals surface area contributed by atoms with Crippen LogP contribution in [0.3, 0.4) is 0 Å². The van der Waals surface area contributed by atoms with Gasteiger partial charge in [-0.15, -0.1) is 11.3 Å². The molecule has 1 aliphatic rings. The van der Waals surface area contributed by atoms with Crippen LogP contribution in [0.1, 0.15) is 75.4 Å². The van der Waals surface area contributed by atoms with Crippen LogP contribution < -0.4 is 10.6 Å². The molecule has 1 saturated heterocycles. The number of carbonyl (C=O) groups excluding carboxylic acids is 1. The number of carbonyl (C=O) groups is 1. The van der Waals surface area contributed by atoms with Gasteiger partial charge >= 0.3 is 6.18 Å². The second-order valence-corrected chi connectivity index (χ2v) is 12.3. The van der Waals surface area contributed by atoms with Gasteiger partial charge < -0.3 is 15.7 Å². The summed E-state index contributed by atoms with van der Waals surface area (Å²) in [6.07, 6.45) is -1.40. The Hall–Kier alpha value is -2.24. The van der Waals surface area contributed by atoms with E-state index < -0.39 is 23.2 Å². The predicted octanol–water partition coefficient (Wildman–Crippen LogP) is 5.17. The molecular formula is C25H36F3N5O2S. The van der Waals surface area contributed by atoms with Crippen molar-refractivity contribution in [2.24, 2.45) is 5.41 Å². The number of nitrogens with one attached hydrogen (secondary N) is 2.